The first kappa shape index (κ1) is 14.1. The molecule has 0 aliphatic rings. The lowest BCUT2D eigenvalue weighted by Gasteiger charge is -2.06. The highest BCUT2D eigenvalue weighted by molar-refractivity contribution is 7.99. The fraction of sp³-hybridized carbons (Fsp3) is 0.385. The molecule has 0 amide bonds. The number of carbonyl (C=O) groups is 1. The number of carbonyl (C=O) groups excluding carboxylic acids is 1. The number of rotatable bonds is 6. The van der Waals surface area contributed by atoms with Gasteiger partial charge >= 0.3 is 5.97 Å². The number of oxazole rings is 1. The van der Waals surface area contributed by atoms with E-state index in [1.807, 2.05) is 31.4 Å². The first-order chi connectivity index (χ1) is 9.15. The summed E-state index contributed by atoms with van der Waals surface area (Å²) >= 11 is 3.06. The zero-order chi connectivity index (χ0) is 13.7. The van der Waals surface area contributed by atoms with Crippen molar-refractivity contribution in [3.05, 3.63) is 29.5 Å². The Bertz CT molecular complexity index is 520. The van der Waals surface area contributed by atoms with Crippen LogP contribution in [-0.4, -0.2) is 22.8 Å². The molecule has 102 valence electrons. The van der Waals surface area contributed by atoms with Crippen LogP contribution in [-0.2, 0) is 15.3 Å². The fourth-order valence-corrected chi connectivity index (χ4v) is 2.76. The van der Waals surface area contributed by atoms with Crippen LogP contribution in [0.15, 0.2) is 28.2 Å². The highest BCUT2D eigenvalue weighted by atomic mass is 32.2. The van der Waals surface area contributed by atoms with Crippen molar-refractivity contribution in [2.45, 2.75) is 25.7 Å². The van der Waals surface area contributed by atoms with Crippen LogP contribution in [0.5, 0.6) is 0 Å². The summed E-state index contributed by atoms with van der Waals surface area (Å²) in [5.41, 5.74) is 0.839. The van der Waals surface area contributed by atoms with Crippen LogP contribution in [0.4, 0.5) is 0 Å². The van der Waals surface area contributed by atoms with Gasteiger partial charge in [0.05, 0.1) is 22.4 Å². The molecule has 2 aromatic rings. The van der Waals surface area contributed by atoms with Gasteiger partial charge in [-0.3, -0.25) is 4.79 Å². The van der Waals surface area contributed by atoms with Gasteiger partial charge < -0.3 is 9.15 Å². The smallest absolute Gasteiger partial charge is 0.316 e. The van der Waals surface area contributed by atoms with Crippen molar-refractivity contribution in [2.24, 2.45) is 0 Å². The van der Waals surface area contributed by atoms with Gasteiger partial charge in [0.25, 0.3) is 0 Å². The molecule has 19 heavy (non-hydrogen) atoms. The lowest BCUT2D eigenvalue weighted by atomic mass is 10.5. The van der Waals surface area contributed by atoms with Gasteiger partial charge in [-0.1, -0.05) is 6.07 Å². The summed E-state index contributed by atoms with van der Waals surface area (Å²) in [5, 5.41) is 1.98. The van der Waals surface area contributed by atoms with Gasteiger partial charge in [-0.05, 0) is 25.3 Å². The molecule has 6 heteroatoms. The molecule has 4 nitrogen and oxygen atoms in total. The van der Waals surface area contributed by atoms with E-state index in [4.69, 9.17) is 9.15 Å². The predicted molar refractivity (Wildman–Crippen MR) is 77.2 cm³/mol. The maximum absolute atomic E-state index is 11.4. The minimum atomic E-state index is -0.193. The van der Waals surface area contributed by atoms with Crippen molar-refractivity contribution in [3.63, 3.8) is 0 Å². The van der Waals surface area contributed by atoms with Crippen LogP contribution in [0.1, 0.15) is 19.5 Å². The van der Waals surface area contributed by atoms with E-state index in [1.165, 1.54) is 11.8 Å². The van der Waals surface area contributed by atoms with E-state index in [0.717, 1.165) is 10.6 Å². The van der Waals surface area contributed by atoms with Crippen LogP contribution in [0, 0.1) is 0 Å². The van der Waals surface area contributed by atoms with E-state index in [1.54, 1.807) is 17.6 Å². The van der Waals surface area contributed by atoms with Crippen LogP contribution in [0.2, 0.25) is 0 Å². The number of hydrogen-bond acceptors (Lipinski definition) is 6. The Morgan fingerprint density at radius 3 is 3.11 bits per heavy atom. The summed E-state index contributed by atoms with van der Waals surface area (Å²) in [6.07, 6.45) is 1.57. The quantitative estimate of drug-likeness (QED) is 0.763. The Kier molecular flexibility index (Phi) is 5.04. The standard InChI is InChI=1S/C13H15NO3S2/c1-9(2)17-12(15)8-18-7-10-6-16-13(14-10)11-4-3-5-19-11/h3-6,9H,7-8H2,1-2H3. The van der Waals surface area contributed by atoms with Crippen molar-refractivity contribution in [1.29, 1.82) is 0 Å². The van der Waals surface area contributed by atoms with Crippen LogP contribution >= 0.6 is 23.1 Å². The average molecular weight is 297 g/mol. The number of nitrogens with zero attached hydrogens (tertiary/aromatic N) is 1. The monoisotopic (exact) mass is 297 g/mol. The molecule has 0 fully saturated rings. The maximum atomic E-state index is 11.4. The topological polar surface area (TPSA) is 52.3 Å². The molecule has 0 aromatic carbocycles. The Labute approximate surface area is 120 Å². The molecule has 0 atom stereocenters. The highest BCUT2D eigenvalue weighted by Gasteiger charge is 2.09. The number of hydrogen-bond donors (Lipinski definition) is 0. The van der Waals surface area contributed by atoms with E-state index < -0.39 is 0 Å². The first-order valence-electron chi connectivity index (χ1n) is 5.90. The SMILES string of the molecule is CC(C)OC(=O)CSCc1coc(-c2cccs2)n1. The highest BCUT2D eigenvalue weighted by Crippen LogP contribution is 2.24. The fourth-order valence-electron chi connectivity index (χ4n) is 1.42. The van der Waals surface area contributed by atoms with E-state index in [9.17, 15) is 4.79 Å². The summed E-state index contributed by atoms with van der Waals surface area (Å²) in [6, 6.07) is 3.92. The van der Waals surface area contributed by atoms with Gasteiger partial charge in [-0.25, -0.2) is 4.98 Å². The number of aromatic nitrogens is 1. The normalized spacial score (nSPS) is 10.9. The lowest BCUT2D eigenvalue weighted by Crippen LogP contribution is -2.13. The molecule has 0 unspecified atom stereocenters. The van der Waals surface area contributed by atoms with Crippen molar-refractivity contribution >= 4 is 29.1 Å². The Balaban J connectivity index is 1.79. The maximum Gasteiger partial charge on any atom is 0.316 e. The number of esters is 1. The molecule has 2 aromatic heterocycles. The molecule has 0 spiro atoms. The molecule has 0 aliphatic carbocycles. The Morgan fingerprint density at radius 1 is 1.58 bits per heavy atom. The van der Waals surface area contributed by atoms with E-state index >= 15 is 0 Å². The lowest BCUT2D eigenvalue weighted by molar-refractivity contribution is -0.144. The van der Waals surface area contributed by atoms with E-state index in [2.05, 4.69) is 4.98 Å². The van der Waals surface area contributed by atoms with E-state index in [0.29, 0.717) is 17.4 Å². The molecule has 0 aliphatic heterocycles. The molecule has 0 saturated carbocycles. The molecule has 0 N–H and O–H groups in total. The second kappa shape index (κ2) is 6.77. The van der Waals surface area contributed by atoms with Crippen LogP contribution in [0.3, 0.4) is 0 Å². The van der Waals surface area contributed by atoms with E-state index in [-0.39, 0.29) is 12.1 Å². The summed E-state index contributed by atoms with van der Waals surface area (Å²) in [6.45, 7) is 3.68. The van der Waals surface area contributed by atoms with Crippen LogP contribution < -0.4 is 0 Å². The first-order valence-corrected chi connectivity index (χ1v) is 7.94. The van der Waals surface area contributed by atoms with Gasteiger partial charge in [0.2, 0.25) is 5.89 Å². The van der Waals surface area contributed by atoms with Gasteiger partial charge in [0.15, 0.2) is 0 Å². The van der Waals surface area contributed by atoms with Gasteiger partial charge in [-0.2, -0.15) is 0 Å². The minimum absolute atomic E-state index is 0.0643. The Morgan fingerprint density at radius 2 is 2.42 bits per heavy atom. The van der Waals surface area contributed by atoms with Gasteiger partial charge in [0.1, 0.15) is 6.26 Å². The van der Waals surface area contributed by atoms with Gasteiger partial charge in [0, 0.05) is 5.75 Å². The molecule has 2 rings (SSSR count). The molecule has 0 saturated heterocycles. The summed E-state index contributed by atoms with van der Waals surface area (Å²) in [5.74, 6) is 1.42. The molecule has 2 heterocycles. The third kappa shape index (κ3) is 4.40. The van der Waals surface area contributed by atoms with Crippen molar-refractivity contribution in [2.75, 3.05) is 5.75 Å². The number of thioether (sulfide) groups is 1. The zero-order valence-electron chi connectivity index (χ0n) is 10.8. The third-order valence-electron chi connectivity index (χ3n) is 2.12. The van der Waals surface area contributed by atoms with Crippen LogP contribution in [0.25, 0.3) is 10.8 Å². The number of thiophene rings is 1. The summed E-state index contributed by atoms with van der Waals surface area (Å²) in [7, 11) is 0. The predicted octanol–water partition coefficient (Wildman–Crippen LogP) is 3.59. The second-order valence-corrected chi connectivity index (χ2v) is 6.09. The third-order valence-corrected chi connectivity index (χ3v) is 3.92. The zero-order valence-corrected chi connectivity index (χ0v) is 12.4. The summed E-state index contributed by atoms with van der Waals surface area (Å²) < 4.78 is 10.5. The average Bonchev–Trinajstić information content (AvgIpc) is 2.97. The number of ether oxygens (including phenoxy) is 1. The van der Waals surface area contributed by atoms with Crippen molar-refractivity contribution < 1.29 is 13.9 Å². The molecule has 0 bridgehead atoms. The second-order valence-electron chi connectivity index (χ2n) is 4.15. The Hall–Kier alpha value is -1.27. The van der Waals surface area contributed by atoms with Crippen molar-refractivity contribution in [1.82, 2.24) is 4.98 Å². The van der Waals surface area contributed by atoms with Crippen molar-refractivity contribution in [3.8, 4) is 10.8 Å². The van der Waals surface area contributed by atoms with Gasteiger partial charge in [-0.15, -0.1) is 23.1 Å². The largest absolute Gasteiger partial charge is 0.462 e. The summed E-state index contributed by atoms with van der Waals surface area (Å²) in [4.78, 5) is 16.7. The molecule has 0 radical (unpaired) electrons. The molecular weight excluding hydrogens is 282 g/mol. The molecular formula is C13H15NO3S2. The minimum Gasteiger partial charge on any atom is -0.462 e.